The van der Waals surface area contributed by atoms with Crippen molar-refractivity contribution in [3.05, 3.63) is 22.8 Å². The summed E-state index contributed by atoms with van der Waals surface area (Å²) in [5.41, 5.74) is 5.08. The maximum absolute atomic E-state index is 11.5. The highest BCUT2D eigenvalue weighted by atomic mass is 16.5. The number of nitrogens with one attached hydrogen (secondary N) is 1. The van der Waals surface area contributed by atoms with Crippen LogP contribution >= 0.6 is 0 Å². The summed E-state index contributed by atoms with van der Waals surface area (Å²) in [6, 6.07) is 0. The number of fused-ring (bicyclic) bond motifs is 1. The van der Waals surface area contributed by atoms with Gasteiger partial charge in [-0.2, -0.15) is 4.98 Å². The summed E-state index contributed by atoms with van der Waals surface area (Å²) in [7, 11) is 0. The number of ether oxygens (including phenoxy) is 1. The van der Waals surface area contributed by atoms with Gasteiger partial charge >= 0.3 is 0 Å². The van der Waals surface area contributed by atoms with Crippen LogP contribution in [-0.2, 0) is 0 Å². The van der Waals surface area contributed by atoms with E-state index in [0.29, 0.717) is 18.2 Å². The molecule has 0 saturated heterocycles. The molecular weight excluding hydrogens is 196 g/mol. The highest BCUT2D eigenvalue weighted by Crippen LogP contribution is 2.33. The standard InChI is InChI=1S/C9H12N4O2/c1-3-4-13-5(2)15-6-7(13)11-9(10)12-8(6)14/h2-4H2,1H3,(H3,10,11,12,14). The van der Waals surface area contributed by atoms with Gasteiger partial charge < -0.3 is 10.5 Å². The SMILES string of the molecule is C=C1Oc2c(nc(N)[nH]c2=O)N1CCC. The van der Waals surface area contributed by atoms with Crippen LogP contribution in [-0.4, -0.2) is 16.5 Å². The Morgan fingerprint density at radius 3 is 3.07 bits per heavy atom. The second-order valence-electron chi connectivity index (χ2n) is 3.25. The van der Waals surface area contributed by atoms with Crippen LogP contribution in [0, 0.1) is 0 Å². The number of anilines is 2. The molecule has 1 aromatic heterocycles. The van der Waals surface area contributed by atoms with E-state index < -0.39 is 0 Å². The average Bonchev–Trinajstić information content (AvgIpc) is 2.46. The third kappa shape index (κ3) is 1.43. The Bertz CT molecular complexity index is 466. The zero-order valence-electron chi connectivity index (χ0n) is 8.41. The van der Waals surface area contributed by atoms with Crippen LogP contribution in [0.25, 0.3) is 0 Å². The van der Waals surface area contributed by atoms with Gasteiger partial charge in [0, 0.05) is 6.54 Å². The Balaban J connectivity index is 2.53. The predicted octanol–water partition coefficient (Wildman–Crippen LogP) is 0.432. The fourth-order valence-corrected chi connectivity index (χ4v) is 1.49. The van der Waals surface area contributed by atoms with Gasteiger partial charge in [-0.1, -0.05) is 6.92 Å². The van der Waals surface area contributed by atoms with Crippen molar-refractivity contribution in [2.45, 2.75) is 13.3 Å². The van der Waals surface area contributed by atoms with Gasteiger partial charge in [0.1, 0.15) is 0 Å². The lowest BCUT2D eigenvalue weighted by Gasteiger charge is -2.14. The minimum absolute atomic E-state index is 0.0816. The van der Waals surface area contributed by atoms with E-state index in [1.807, 2.05) is 6.92 Å². The molecule has 0 saturated carbocycles. The highest BCUT2D eigenvalue weighted by Gasteiger charge is 2.28. The maximum atomic E-state index is 11.5. The molecule has 0 radical (unpaired) electrons. The lowest BCUT2D eigenvalue weighted by molar-refractivity contribution is 0.435. The molecule has 15 heavy (non-hydrogen) atoms. The lowest BCUT2D eigenvalue weighted by atomic mass is 10.4. The van der Waals surface area contributed by atoms with Crippen molar-refractivity contribution >= 4 is 11.8 Å². The summed E-state index contributed by atoms with van der Waals surface area (Å²) in [4.78, 5) is 19.6. The van der Waals surface area contributed by atoms with E-state index >= 15 is 0 Å². The van der Waals surface area contributed by atoms with Crippen LogP contribution in [0.2, 0.25) is 0 Å². The molecule has 80 valence electrons. The van der Waals surface area contributed by atoms with E-state index in [4.69, 9.17) is 10.5 Å². The second kappa shape index (κ2) is 3.30. The molecule has 1 aromatic rings. The summed E-state index contributed by atoms with van der Waals surface area (Å²) in [6.45, 7) is 6.42. The fraction of sp³-hybridized carbons (Fsp3) is 0.333. The zero-order chi connectivity index (χ0) is 11.0. The number of aromatic nitrogens is 2. The Labute approximate surface area is 86.4 Å². The zero-order valence-corrected chi connectivity index (χ0v) is 8.41. The minimum atomic E-state index is -0.378. The first-order chi connectivity index (χ1) is 7.13. The Morgan fingerprint density at radius 1 is 1.67 bits per heavy atom. The van der Waals surface area contributed by atoms with Gasteiger partial charge in [0.25, 0.3) is 5.56 Å². The van der Waals surface area contributed by atoms with Crippen molar-refractivity contribution < 1.29 is 4.74 Å². The number of aromatic amines is 1. The van der Waals surface area contributed by atoms with E-state index in [2.05, 4.69) is 16.5 Å². The second-order valence-corrected chi connectivity index (χ2v) is 3.25. The van der Waals surface area contributed by atoms with Crippen molar-refractivity contribution in [3.8, 4) is 5.75 Å². The van der Waals surface area contributed by atoms with Crippen LogP contribution in [0.4, 0.5) is 11.8 Å². The largest absolute Gasteiger partial charge is 0.432 e. The topological polar surface area (TPSA) is 84.2 Å². The van der Waals surface area contributed by atoms with Crippen molar-refractivity contribution in [1.29, 1.82) is 0 Å². The summed E-state index contributed by atoms with van der Waals surface area (Å²) in [5, 5.41) is 0. The molecule has 0 bridgehead atoms. The molecule has 0 amide bonds. The van der Waals surface area contributed by atoms with E-state index in [0.717, 1.165) is 6.42 Å². The Kier molecular flexibility index (Phi) is 2.11. The predicted molar refractivity (Wildman–Crippen MR) is 56.7 cm³/mol. The average molecular weight is 208 g/mol. The van der Waals surface area contributed by atoms with Crippen LogP contribution < -0.4 is 20.9 Å². The smallest absolute Gasteiger partial charge is 0.297 e. The molecule has 0 unspecified atom stereocenters. The number of nitrogens with two attached hydrogens (primary N) is 1. The van der Waals surface area contributed by atoms with Crippen molar-refractivity contribution in [2.75, 3.05) is 17.2 Å². The molecule has 1 aliphatic heterocycles. The Hall–Kier alpha value is -1.98. The van der Waals surface area contributed by atoms with Gasteiger partial charge in [0.2, 0.25) is 11.7 Å². The molecule has 0 spiro atoms. The van der Waals surface area contributed by atoms with E-state index in [-0.39, 0.29) is 17.3 Å². The van der Waals surface area contributed by atoms with Crippen molar-refractivity contribution in [3.63, 3.8) is 0 Å². The molecule has 3 N–H and O–H groups in total. The molecule has 2 heterocycles. The van der Waals surface area contributed by atoms with Gasteiger partial charge in [0.15, 0.2) is 11.7 Å². The van der Waals surface area contributed by atoms with Crippen LogP contribution in [0.5, 0.6) is 5.75 Å². The number of nitrogen functional groups attached to an aromatic ring is 1. The first-order valence-corrected chi connectivity index (χ1v) is 4.67. The van der Waals surface area contributed by atoms with Crippen LogP contribution in [0.15, 0.2) is 17.3 Å². The van der Waals surface area contributed by atoms with Crippen molar-refractivity contribution in [1.82, 2.24) is 9.97 Å². The van der Waals surface area contributed by atoms with Gasteiger partial charge in [0.05, 0.1) is 0 Å². The van der Waals surface area contributed by atoms with Gasteiger partial charge in [-0.15, -0.1) is 0 Å². The quantitative estimate of drug-likeness (QED) is 0.736. The summed E-state index contributed by atoms with van der Waals surface area (Å²) < 4.78 is 5.23. The number of rotatable bonds is 2. The lowest BCUT2D eigenvalue weighted by Crippen LogP contribution is -2.21. The fourth-order valence-electron chi connectivity index (χ4n) is 1.49. The van der Waals surface area contributed by atoms with Crippen LogP contribution in [0.1, 0.15) is 13.3 Å². The minimum Gasteiger partial charge on any atom is -0.432 e. The van der Waals surface area contributed by atoms with Gasteiger partial charge in [-0.25, -0.2) is 0 Å². The van der Waals surface area contributed by atoms with E-state index in [1.165, 1.54) is 0 Å². The molecule has 0 aromatic carbocycles. The highest BCUT2D eigenvalue weighted by molar-refractivity contribution is 5.61. The molecule has 0 aliphatic carbocycles. The summed E-state index contributed by atoms with van der Waals surface area (Å²) in [6.07, 6.45) is 0.899. The first kappa shape index (κ1) is 9.57. The summed E-state index contributed by atoms with van der Waals surface area (Å²) >= 11 is 0. The molecule has 2 rings (SSSR count). The number of H-pyrrole nitrogens is 1. The third-order valence-corrected chi connectivity index (χ3v) is 2.10. The monoisotopic (exact) mass is 208 g/mol. The third-order valence-electron chi connectivity index (χ3n) is 2.10. The van der Waals surface area contributed by atoms with Crippen LogP contribution in [0.3, 0.4) is 0 Å². The van der Waals surface area contributed by atoms with Gasteiger partial charge in [-0.05, 0) is 13.0 Å². The number of nitrogens with zero attached hydrogens (tertiary/aromatic N) is 2. The summed E-state index contributed by atoms with van der Waals surface area (Å²) in [5.74, 6) is 1.11. The molecular formula is C9H12N4O2. The first-order valence-electron chi connectivity index (χ1n) is 4.67. The van der Waals surface area contributed by atoms with Gasteiger partial charge in [-0.3, -0.25) is 14.7 Å². The normalized spacial score (nSPS) is 13.9. The molecule has 0 atom stereocenters. The van der Waals surface area contributed by atoms with E-state index in [1.54, 1.807) is 4.90 Å². The number of hydrogen-bond acceptors (Lipinski definition) is 5. The molecule has 1 aliphatic rings. The molecule has 0 fully saturated rings. The maximum Gasteiger partial charge on any atom is 0.297 e. The van der Waals surface area contributed by atoms with Crippen molar-refractivity contribution in [2.24, 2.45) is 0 Å². The Morgan fingerprint density at radius 2 is 2.40 bits per heavy atom. The number of hydrogen-bond donors (Lipinski definition) is 2. The van der Waals surface area contributed by atoms with E-state index in [9.17, 15) is 4.79 Å². The molecule has 6 heteroatoms. The molecule has 6 nitrogen and oxygen atoms in total.